The Hall–Kier alpha value is -1.26. The van der Waals surface area contributed by atoms with E-state index in [9.17, 15) is 9.59 Å². The summed E-state index contributed by atoms with van der Waals surface area (Å²) in [6.45, 7) is 4.45. The number of hydrogen-bond donors (Lipinski definition) is 3. The van der Waals surface area contributed by atoms with Crippen LogP contribution in [0.4, 0.5) is 4.79 Å². The molecule has 0 aliphatic heterocycles. The molecule has 5 nitrogen and oxygen atoms in total. The molecule has 0 aliphatic carbocycles. The zero-order chi connectivity index (χ0) is 11.7. The molecule has 0 aliphatic rings. The molecule has 0 aromatic heterocycles. The van der Waals surface area contributed by atoms with Crippen molar-refractivity contribution in [3.63, 3.8) is 0 Å². The summed E-state index contributed by atoms with van der Waals surface area (Å²) >= 11 is 0. The Bertz CT molecular complexity index is 207. The highest BCUT2D eigenvalue weighted by Gasteiger charge is 2.11. The molecule has 0 radical (unpaired) electrons. The molecule has 1 atom stereocenters. The molecule has 0 rings (SSSR count). The molecule has 0 saturated heterocycles. The van der Waals surface area contributed by atoms with Crippen LogP contribution in [-0.4, -0.2) is 30.2 Å². The van der Waals surface area contributed by atoms with Crippen molar-refractivity contribution >= 4 is 12.0 Å². The fraction of sp³-hybridized carbons (Fsp3) is 0.800. The molecular formula is C10H20N2O3. The number of urea groups is 1. The maximum Gasteiger partial charge on any atom is 0.314 e. The second kappa shape index (κ2) is 8.08. The van der Waals surface area contributed by atoms with Gasteiger partial charge in [-0.25, -0.2) is 4.79 Å². The van der Waals surface area contributed by atoms with Gasteiger partial charge in [0.15, 0.2) is 0 Å². The van der Waals surface area contributed by atoms with Gasteiger partial charge in [0, 0.05) is 13.1 Å². The van der Waals surface area contributed by atoms with Gasteiger partial charge in [-0.15, -0.1) is 0 Å². The average Bonchev–Trinajstić information content (AvgIpc) is 2.20. The van der Waals surface area contributed by atoms with E-state index >= 15 is 0 Å². The Balaban J connectivity index is 3.45. The van der Waals surface area contributed by atoms with Crippen LogP contribution in [0.5, 0.6) is 0 Å². The molecule has 0 heterocycles. The van der Waals surface area contributed by atoms with Crippen LogP contribution in [0.15, 0.2) is 0 Å². The second-order valence-corrected chi connectivity index (χ2v) is 3.58. The van der Waals surface area contributed by atoms with E-state index in [0.29, 0.717) is 6.54 Å². The highest BCUT2D eigenvalue weighted by molar-refractivity contribution is 5.75. The summed E-state index contributed by atoms with van der Waals surface area (Å²) in [4.78, 5) is 21.6. The molecule has 0 fully saturated rings. The van der Waals surface area contributed by atoms with Crippen LogP contribution in [0.25, 0.3) is 0 Å². The number of nitrogens with one attached hydrogen (secondary N) is 2. The number of carboxylic acids is 1. The minimum atomic E-state index is -0.902. The predicted octanol–water partition coefficient (Wildman–Crippen LogP) is 1.20. The molecule has 15 heavy (non-hydrogen) atoms. The monoisotopic (exact) mass is 216 g/mol. The van der Waals surface area contributed by atoms with Crippen LogP contribution in [-0.2, 0) is 4.79 Å². The Kier molecular flexibility index (Phi) is 7.40. The summed E-state index contributed by atoms with van der Waals surface area (Å²) in [6.07, 6.45) is 3.16. The first-order valence-corrected chi connectivity index (χ1v) is 5.32. The van der Waals surface area contributed by atoms with Crippen molar-refractivity contribution in [2.24, 2.45) is 5.92 Å². The zero-order valence-electron chi connectivity index (χ0n) is 9.38. The van der Waals surface area contributed by atoms with Crippen molar-refractivity contribution < 1.29 is 14.7 Å². The van der Waals surface area contributed by atoms with Crippen LogP contribution in [0.2, 0.25) is 0 Å². The SMILES string of the molecule is CCCCCNC(=O)NCC(C)C(=O)O. The van der Waals surface area contributed by atoms with E-state index < -0.39 is 11.9 Å². The van der Waals surface area contributed by atoms with Gasteiger partial charge >= 0.3 is 12.0 Å². The molecule has 0 bridgehead atoms. The molecule has 0 aromatic rings. The Labute approximate surface area is 90.2 Å². The van der Waals surface area contributed by atoms with Crippen LogP contribution < -0.4 is 10.6 Å². The maximum atomic E-state index is 11.1. The van der Waals surface area contributed by atoms with Crippen molar-refractivity contribution in [2.75, 3.05) is 13.1 Å². The molecule has 0 spiro atoms. The molecule has 2 amide bonds. The van der Waals surface area contributed by atoms with Crippen LogP contribution in [0.3, 0.4) is 0 Å². The standard InChI is InChI=1S/C10H20N2O3/c1-3-4-5-6-11-10(15)12-7-8(2)9(13)14/h8H,3-7H2,1-2H3,(H,13,14)(H2,11,12,15). The lowest BCUT2D eigenvalue weighted by Gasteiger charge is -2.09. The number of aliphatic carboxylic acids is 1. The minimum absolute atomic E-state index is 0.162. The third-order valence-electron chi connectivity index (χ3n) is 2.06. The fourth-order valence-corrected chi connectivity index (χ4v) is 0.973. The van der Waals surface area contributed by atoms with Gasteiger partial charge in [0.05, 0.1) is 5.92 Å². The van der Waals surface area contributed by atoms with Gasteiger partial charge in [0.2, 0.25) is 0 Å². The number of carbonyl (C=O) groups excluding carboxylic acids is 1. The molecule has 0 saturated carbocycles. The van der Waals surface area contributed by atoms with E-state index in [1.807, 2.05) is 0 Å². The number of carbonyl (C=O) groups is 2. The average molecular weight is 216 g/mol. The third-order valence-corrected chi connectivity index (χ3v) is 2.06. The summed E-state index contributed by atoms with van der Waals surface area (Å²) in [7, 11) is 0. The van der Waals surface area contributed by atoms with Crippen molar-refractivity contribution in [2.45, 2.75) is 33.1 Å². The van der Waals surface area contributed by atoms with Crippen LogP contribution >= 0.6 is 0 Å². The third kappa shape index (κ3) is 7.78. The van der Waals surface area contributed by atoms with Gasteiger partial charge in [0.1, 0.15) is 0 Å². The topological polar surface area (TPSA) is 78.4 Å². The summed E-state index contributed by atoms with van der Waals surface area (Å²) < 4.78 is 0. The summed E-state index contributed by atoms with van der Waals surface area (Å²) in [5.74, 6) is -1.45. The highest BCUT2D eigenvalue weighted by Crippen LogP contribution is 1.92. The molecule has 0 aromatic carbocycles. The Morgan fingerprint density at radius 3 is 2.47 bits per heavy atom. The number of carboxylic acid groups (broad SMARTS) is 1. The first-order valence-electron chi connectivity index (χ1n) is 5.32. The fourth-order valence-electron chi connectivity index (χ4n) is 0.973. The molecule has 88 valence electrons. The van der Waals surface area contributed by atoms with Gasteiger partial charge in [-0.3, -0.25) is 4.79 Å². The largest absolute Gasteiger partial charge is 0.481 e. The van der Waals surface area contributed by atoms with Crippen LogP contribution in [0.1, 0.15) is 33.1 Å². The molecule has 3 N–H and O–H groups in total. The van der Waals surface area contributed by atoms with Gasteiger partial charge in [-0.05, 0) is 6.42 Å². The first-order chi connectivity index (χ1) is 7.07. The molecule has 1 unspecified atom stereocenters. The highest BCUT2D eigenvalue weighted by atomic mass is 16.4. The van der Waals surface area contributed by atoms with Crippen molar-refractivity contribution in [3.05, 3.63) is 0 Å². The van der Waals surface area contributed by atoms with E-state index in [0.717, 1.165) is 19.3 Å². The van der Waals surface area contributed by atoms with Crippen LogP contribution in [0, 0.1) is 5.92 Å². The smallest absolute Gasteiger partial charge is 0.314 e. The molecular weight excluding hydrogens is 196 g/mol. The normalized spacial score (nSPS) is 11.9. The quantitative estimate of drug-likeness (QED) is 0.559. The maximum absolute atomic E-state index is 11.1. The summed E-state index contributed by atoms with van der Waals surface area (Å²) in [5, 5.41) is 13.7. The zero-order valence-corrected chi connectivity index (χ0v) is 9.38. The lowest BCUT2D eigenvalue weighted by molar-refractivity contribution is -0.140. The minimum Gasteiger partial charge on any atom is -0.481 e. The van der Waals surface area contributed by atoms with E-state index in [-0.39, 0.29) is 12.6 Å². The summed E-state index contributed by atoms with van der Waals surface area (Å²) in [6, 6.07) is -0.292. The molecule has 5 heteroatoms. The van der Waals surface area contributed by atoms with E-state index in [1.54, 1.807) is 6.92 Å². The number of unbranched alkanes of at least 4 members (excludes halogenated alkanes) is 2. The van der Waals surface area contributed by atoms with Gasteiger partial charge < -0.3 is 15.7 Å². The van der Waals surface area contributed by atoms with Crippen molar-refractivity contribution in [3.8, 4) is 0 Å². The van der Waals surface area contributed by atoms with E-state index in [2.05, 4.69) is 17.6 Å². The number of hydrogen-bond acceptors (Lipinski definition) is 2. The van der Waals surface area contributed by atoms with Crippen molar-refractivity contribution in [1.82, 2.24) is 10.6 Å². The second-order valence-electron chi connectivity index (χ2n) is 3.58. The first kappa shape index (κ1) is 13.7. The number of amides is 2. The lowest BCUT2D eigenvalue weighted by atomic mass is 10.2. The summed E-state index contributed by atoms with van der Waals surface area (Å²) in [5.41, 5.74) is 0. The predicted molar refractivity (Wildman–Crippen MR) is 57.7 cm³/mol. The van der Waals surface area contributed by atoms with Gasteiger partial charge in [-0.2, -0.15) is 0 Å². The van der Waals surface area contributed by atoms with Crippen molar-refractivity contribution in [1.29, 1.82) is 0 Å². The lowest BCUT2D eigenvalue weighted by Crippen LogP contribution is -2.39. The Morgan fingerprint density at radius 1 is 1.27 bits per heavy atom. The van der Waals surface area contributed by atoms with E-state index in [4.69, 9.17) is 5.11 Å². The van der Waals surface area contributed by atoms with Gasteiger partial charge in [0.25, 0.3) is 0 Å². The van der Waals surface area contributed by atoms with E-state index in [1.165, 1.54) is 0 Å². The van der Waals surface area contributed by atoms with Gasteiger partial charge in [-0.1, -0.05) is 26.7 Å². The Morgan fingerprint density at radius 2 is 1.93 bits per heavy atom. The number of rotatable bonds is 7.